The number of hydrogen-bond acceptors (Lipinski definition) is 3. The highest BCUT2D eigenvalue weighted by atomic mass is 19.1. The maximum absolute atomic E-state index is 13.5. The van der Waals surface area contributed by atoms with E-state index in [1.807, 2.05) is 0 Å². The molecule has 0 saturated heterocycles. The summed E-state index contributed by atoms with van der Waals surface area (Å²) in [5.41, 5.74) is 0.937. The third-order valence-electron chi connectivity index (χ3n) is 2.99. The zero-order chi connectivity index (χ0) is 14.5. The Morgan fingerprint density at radius 1 is 1.55 bits per heavy atom. The Labute approximate surface area is 116 Å². The van der Waals surface area contributed by atoms with Gasteiger partial charge in [-0.2, -0.15) is 0 Å². The molecule has 0 saturated carbocycles. The normalized spacial score (nSPS) is 12.6. The molecule has 1 aromatic heterocycles. The summed E-state index contributed by atoms with van der Waals surface area (Å²) in [7, 11) is 0. The summed E-state index contributed by atoms with van der Waals surface area (Å²) >= 11 is 0. The van der Waals surface area contributed by atoms with Crippen molar-refractivity contribution in [3.8, 4) is 0 Å². The van der Waals surface area contributed by atoms with Crippen LogP contribution in [0, 0.1) is 5.82 Å². The van der Waals surface area contributed by atoms with E-state index in [1.54, 1.807) is 19.1 Å². The second kappa shape index (κ2) is 6.47. The van der Waals surface area contributed by atoms with E-state index < -0.39 is 6.10 Å². The fourth-order valence-electron chi connectivity index (χ4n) is 1.91. The van der Waals surface area contributed by atoms with E-state index in [1.165, 1.54) is 6.07 Å². The molecule has 0 aliphatic rings. The van der Waals surface area contributed by atoms with Crippen LogP contribution in [0.4, 0.5) is 4.39 Å². The molecule has 3 N–H and O–H groups in total. The van der Waals surface area contributed by atoms with Crippen LogP contribution in [0.3, 0.4) is 0 Å². The Hall–Kier alpha value is -1.95. The zero-order valence-electron chi connectivity index (χ0n) is 11.3. The molecule has 2 rings (SSSR count). The maximum Gasteiger partial charge on any atom is 0.220 e. The molecule has 0 bridgehead atoms. The summed E-state index contributed by atoms with van der Waals surface area (Å²) < 4.78 is 13.5. The van der Waals surface area contributed by atoms with Crippen LogP contribution < -0.4 is 5.32 Å². The van der Waals surface area contributed by atoms with Crippen molar-refractivity contribution in [2.24, 2.45) is 0 Å². The van der Waals surface area contributed by atoms with Gasteiger partial charge in [0.15, 0.2) is 5.82 Å². The van der Waals surface area contributed by atoms with Crippen molar-refractivity contribution < 1.29 is 14.3 Å². The molecule has 108 valence electrons. The number of benzene rings is 1. The SMILES string of the molecule is CC(O)CCNC(=O)CCc1nc2c(F)cccc2[nH]1. The monoisotopic (exact) mass is 279 g/mol. The van der Waals surface area contributed by atoms with Crippen molar-refractivity contribution in [1.82, 2.24) is 15.3 Å². The van der Waals surface area contributed by atoms with Crippen molar-refractivity contribution in [2.75, 3.05) is 6.54 Å². The van der Waals surface area contributed by atoms with E-state index in [4.69, 9.17) is 5.11 Å². The summed E-state index contributed by atoms with van der Waals surface area (Å²) in [5, 5.41) is 11.8. The minimum atomic E-state index is -0.423. The number of fused-ring (bicyclic) bond motifs is 1. The molecule has 1 atom stereocenters. The number of amides is 1. The van der Waals surface area contributed by atoms with Crippen LogP contribution in [0.5, 0.6) is 0 Å². The quantitative estimate of drug-likeness (QED) is 0.750. The van der Waals surface area contributed by atoms with Crippen LogP contribution in [0.1, 0.15) is 25.6 Å². The Morgan fingerprint density at radius 3 is 3.05 bits per heavy atom. The fourth-order valence-corrected chi connectivity index (χ4v) is 1.91. The minimum absolute atomic E-state index is 0.105. The molecule has 0 aliphatic carbocycles. The lowest BCUT2D eigenvalue weighted by Gasteiger charge is -2.05. The minimum Gasteiger partial charge on any atom is -0.393 e. The number of imidazole rings is 1. The number of para-hydroxylation sites is 1. The van der Waals surface area contributed by atoms with Crippen molar-refractivity contribution >= 4 is 16.9 Å². The number of aromatic nitrogens is 2. The van der Waals surface area contributed by atoms with Gasteiger partial charge in [0.1, 0.15) is 11.3 Å². The number of aromatic amines is 1. The van der Waals surface area contributed by atoms with Crippen LogP contribution in [-0.4, -0.2) is 33.6 Å². The lowest BCUT2D eigenvalue weighted by Crippen LogP contribution is -2.26. The third kappa shape index (κ3) is 3.77. The van der Waals surface area contributed by atoms with Gasteiger partial charge in [0.2, 0.25) is 5.91 Å². The van der Waals surface area contributed by atoms with Crippen molar-refractivity contribution in [1.29, 1.82) is 0 Å². The van der Waals surface area contributed by atoms with Gasteiger partial charge < -0.3 is 15.4 Å². The smallest absolute Gasteiger partial charge is 0.220 e. The van der Waals surface area contributed by atoms with Crippen LogP contribution in [0.15, 0.2) is 18.2 Å². The van der Waals surface area contributed by atoms with E-state index in [0.29, 0.717) is 36.2 Å². The van der Waals surface area contributed by atoms with Gasteiger partial charge in [-0.25, -0.2) is 9.37 Å². The van der Waals surface area contributed by atoms with Crippen molar-refractivity contribution in [3.05, 3.63) is 29.8 Å². The van der Waals surface area contributed by atoms with E-state index in [2.05, 4.69) is 15.3 Å². The first kappa shape index (κ1) is 14.5. The maximum atomic E-state index is 13.5. The van der Waals surface area contributed by atoms with E-state index >= 15 is 0 Å². The number of H-pyrrole nitrogens is 1. The first-order valence-corrected chi connectivity index (χ1v) is 6.64. The second-order valence-corrected chi connectivity index (χ2v) is 4.81. The van der Waals surface area contributed by atoms with Crippen molar-refractivity contribution in [3.63, 3.8) is 0 Å². The van der Waals surface area contributed by atoms with Crippen molar-refractivity contribution in [2.45, 2.75) is 32.3 Å². The number of nitrogens with zero attached hydrogens (tertiary/aromatic N) is 1. The number of nitrogens with one attached hydrogen (secondary N) is 2. The lowest BCUT2D eigenvalue weighted by atomic mass is 10.2. The number of aryl methyl sites for hydroxylation is 1. The van der Waals surface area contributed by atoms with Gasteiger partial charge in [-0.05, 0) is 25.5 Å². The number of rotatable bonds is 6. The highest BCUT2D eigenvalue weighted by molar-refractivity contribution is 5.77. The summed E-state index contributed by atoms with van der Waals surface area (Å²) in [4.78, 5) is 18.7. The van der Waals surface area contributed by atoms with Gasteiger partial charge in [-0.1, -0.05) is 6.07 Å². The molecule has 0 aliphatic heterocycles. The molecular formula is C14H18FN3O2. The van der Waals surface area contributed by atoms with Crippen LogP contribution >= 0.6 is 0 Å². The first-order chi connectivity index (χ1) is 9.56. The Balaban J connectivity index is 1.86. The molecule has 0 radical (unpaired) electrons. The predicted molar refractivity (Wildman–Crippen MR) is 73.7 cm³/mol. The standard InChI is InChI=1S/C14H18FN3O2/c1-9(19)7-8-16-13(20)6-5-12-17-11-4-2-3-10(15)14(11)18-12/h2-4,9,19H,5-8H2,1H3,(H,16,20)(H,17,18). The Bertz CT molecular complexity index is 595. The van der Waals surface area contributed by atoms with E-state index in [-0.39, 0.29) is 18.1 Å². The molecule has 1 unspecified atom stereocenters. The average Bonchev–Trinajstić information content (AvgIpc) is 2.80. The average molecular weight is 279 g/mol. The molecule has 5 nitrogen and oxygen atoms in total. The van der Waals surface area contributed by atoms with Crippen LogP contribution in [0.25, 0.3) is 11.0 Å². The lowest BCUT2D eigenvalue weighted by molar-refractivity contribution is -0.121. The molecule has 1 amide bonds. The van der Waals surface area contributed by atoms with Gasteiger partial charge in [0.25, 0.3) is 0 Å². The van der Waals surface area contributed by atoms with Gasteiger partial charge in [0, 0.05) is 19.4 Å². The molecule has 6 heteroatoms. The highest BCUT2D eigenvalue weighted by Gasteiger charge is 2.09. The number of aliphatic hydroxyl groups is 1. The van der Waals surface area contributed by atoms with Crippen LogP contribution in [-0.2, 0) is 11.2 Å². The van der Waals surface area contributed by atoms with E-state index in [9.17, 15) is 9.18 Å². The largest absolute Gasteiger partial charge is 0.393 e. The molecule has 1 heterocycles. The summed E-state index contributed by atoms with van der Waals surface area (Å²) in [5.74, 6) is 0.119. The molecule has 0 spiro atoms. The molecule has 0 fully saturated rings. The van der Waals surface area contributed by atoms with Gasteiger partial charge in [-0.15, -0.1) is 0 Å². The topological polar surface area (TPSA) is 78.0 Å². The fraction of sp³-hybridized carbons (Fsp3) is 0.429. The van der Waals surface area contributed by atoms with Gasteiger partial charge in [0.05, 0.1) is 11.6 Å². The number of hydrogen-bond donors (Lipinski definition) is 3. The molecular weight excluding hydrogens is 261 g/mol. The zero-order valence-corrected chi connectivity index (χ0v) is 11.3. The summed E-state index contributed by atoms with van der Waals surface area (Å²) in [6.45, 7) is 2.13. The molecule has 20 heavy (non-hydrogen) atoms. The molecule has 2 aromatic rings. The summed E-state index contributed by atoms with van der Waals surface area (Å²) in [6.07, 6.45) is 0.811. The summed E-state index contributed by atoms with van der Waals surface area (Å²) in [6, 6.07) is 4.72. The Morgan fingerprint density at radius 2 is 2.35 bits per heavy atom. The molecule has 1 aromatic carbocycles. The van der Waals surface area contributed by atoms with Crippen LogP contribution in [0.2, 0.25) is 0 Å². The highest BCUT2D eigenvalue weighted by Crippen LogP contribution is 2.15. The predicted octanol–water partition coefficient (Wildman–Crippen LogP) is 1.52. The number of carbonyl (C=O) groups excluding carboxylic acids is 1. The second-order valence-electron chi connectivity index (χ2n) is 4.81. The number of carbonyl (C=O) groups is 1. The van der Waals surface area contributed by atoms with Gasteiger partial charge in [-0.3, -0.25) is 4.79 Å². The third-order valence-corrected chi connectivity index (χ3v) is 2.99. The van der Waals surface area contributed by atoms with E-state index in [0.717, 1.165) is 0 Å². The number of aliphatic hydroxyl groups excluding tert-OH is 1. The first-order valence-electron chi connectivity index (χ1n) is 6.64. The Kier molecular flexibility index (Phi) is 4.68. The van der Waals surface area contributed by atoms with Gasteiger partial charge >= 0.3 is 0 Å². The number of halogens is 1.